The van der Waals surface area contributed by atoms with E-state index in [1.165, 1.54) is 11.3 Å². The Kier molecular flexibility index (Phi) is 3.29. The molecule has 1 aromatic rings. The Morgan fingerprint density at radius 3 is 2.60 bits per heavy atom. The second kappa shape index (κ2) is 4.14. The molecule has 0 amide bonds. The van der Waals surface area contributed by atoms with Crippen LogP contribution in [0.2, 0.25) is 0 Å². The highest BCUT2D eigenvalue weighted by atomic mass is 32.1. The zero-order chi connectivity index (χ0) is 11.6. The molecule has 3 nitrogen and oxygen atoms in total. The normalized spacial score (nSPS) is 12.3. The lowest BCUT2D eigenvalue weighted by atomic mass is 9.90. The monoisotopic (exact) mass is 224 g/mol. The van der Waals surface area contributed by atoms with Crippen molar-refractivity contribution in [3.63, 3.8) is 0 Å². The number of hydrazone groups is 1. The van der Waals surface area contributed by atoms with E-state index in [1.54, 1.807) is 6.21 Å². The van der Waals surface area contributed by atoms with Crippen molar-refractivity contribution in [2.75, 3.05) is 0 Å². The summed E-state index contributed by atoms with van der Waals surface area (Å²) in [6.07, 6.45) is 1.58. The van der Waals surface area contributed by atoms with Crippen LogP contribution in [0.25, 0.3) is 0 Å². The first-order chi connectivity index (χ1) is 6.86. The van der Waals surface area contributed by atoms with Crippen LogP contribution in [0.1, 0.15) is 40.9 Å². The summed E-state index contributed by atoms with van der Waals surface area (Å²) < 4.78 is 0. The second-order valence-corrected chi connectivity index (χ2v) is 5.60. The topological polar surface area (TPSA) is 55.5 Å². The second-order valence-electron chi connectivity index (χ2n) is 4.52. The molecule has 0 fully saturated rings. The first kappa shape index (κ1) is 11.9. The van der Waals surface area contributed by atoms with Crippen LogP contribution in [0.5, 0.6) is 0 Å². The van der Waals surface area contributed by atoms with Gasteiger partial charge in [0.1, 0.15) is 0 Å². The van der Waals surface area contributed by atoms with Gasteiger partial charge < -0.3 is 5.84 Å². The van der Waals surface area contributed by atoms with Gasteiger partial charge in [-0.2, -0.15) is 5.10 Å². The van der Waals surface area contributed by atoms with Gasteiger partial charge in [-0.25, -0.2) is 0 Å². The van der Waals surface area contributed by atoms with Gasteiger partial charge in [0.25, 0.3) is 0 Å². The van der Waals surface area contributed by atoms with E-state index in [9.17, 15) is 4.79 Å². The van der Waals surface area contributed by atoms with Crippen LogP contribution in [-0.4, -0.2) is 12.0 Å². The number of nitrogens with two attached hydrogens (primary N) is 1. The quantitative estimate of drug-likeness (QED) is 0.363. The molecule has 0 unspecified atom stereocenters. The van der Waals surface area contributed by atoms with Gasteiger partial charge in [-0.15, -0.1) is 11.3 Å². The molecular weight excluding hydrogens is 208 g/mol. The summed E-state index contributed by atoms with van der Waals surface area (Å²) in [4.78, 5) is 13.7. The van der Waals surface area contributed by atoms with Gasteiger partial charge in [0.2, 0.25) is 0 Å². The van der Waals surface area contributed by atoms with Crippen LogP contribution in [0.15, 0.2) is 11.2 Å². The van der Waals surface area contributed by atoms with Gasteiger partial charge in [0.15, 0.2) is 5.78 Å². The van der Waals surface area contributed by atoms with Crippen molar-refractivity contribution in [2.24, 2.45) is 16.4 Å². The maximum absolute atomic E-state index is 12.0. The summed E-state index contributed by atoms with van der Waals surface area (Å²) in [6.45, 7) is 7.70. The molecule has 0 atom stereocenters. The van der Waals surface area contributed by atoms with Crippen molar-refractivity contribution in [3.8, 4) is 0 Å². The number of carbonyl (C=O) groups excluding carboxylic acids is 1. The number of Topliss-reactive ketones (excluding diaryl/α,β-unsaturated/α-hetero) is 1. The fraction of sp³-hybridized carbons (Fsp3) is 0.455. The Hall–Kier alpha value is -1.16. The zero-order valence-corrected chi connectivity index (χ0v) is 10.3. The molecule has 4 heteroatoms. The molecule has 1 heterocycles. The SMILES string of the molecule is Cc1cc(C(=O)C(C)(C)C)sc1/C=N\N. The Morgan fingerprint density at radius 1 is 1.53 bits per heavy atom. The number of hydrogen-bond acceptors (Lipinski definition) is 4. The van der Waals surface area contributed by atoms with Crippen molar-refractivity contribution in [2.45, 2.75) is 27.7 Å². The summed E-state index contributed by atoms with van der Waals surface area (Å²) in [5.74, 6) is 5.25. The van der Waals surface area contributed by atoms with Crippen LogP contribution < -0.4 is 5.84 Å². The van der Waals surface area contributed by atoms with Gasteiger partial charge >= 0.3 is 0 Å². The van der Waals surface area contributed by atoms with E-state index in [-0.39, 0.29) is 11.2 Å². The van der Waals surface area contributed by atoms with Crippen molar-refractivity contribution < 1.29 is 4.79 Å². The predicted molar refractivity (Wildman–Crippen MR) is 64.6 cm³/mol. The first-order valence-electron chi connectivity index (χ1n) is 4.74. The molecule has 15 heavy (non-hydrogen) atoms. The minimum Gasteiger partial charge on any atom is -0.323 e. The summed E-state index contributed by atoms with van der Waals surface area (Å²) in [5, 5.41) is 3.48. The number of rotatable bonds is 2. The third-order valence-corrected chi connectivity index (χ3v) is 3.22. The van der Waals surface area contributed by atoms with Crippen LogP contribution in [-0.2, 0) is 0 Å². The fourth-order valence-corrected chi connectivity index (χ4v) is 2.38. The molecule has 0 aromatic carbocycles. The highest BCUT2D eigenvalue weighted by molar-refractivity contribution is 7.15. The molecule has 0 aliphatic carbocycles. The number of thiophene rings is 1. The first-order valence-corrected chi connectivity index (χ1v) is 5.56. The van der Waals surface area contributed by atoms with E-state index in [2.05, 4.69) is 5.10 Å². The van der Waals surface area contributed by atoms with Crippen molar-refractivity contribution >= 4 is 23.3 Å². The van der Waals surface area contributed by atoms with E-state index in [0.717, 1.165) is 15.3 Å². The average Bonchev–Trinajstić information content (AvgIpc) is 2.46. The largest absolute Gasteiger partial charge is 0.323 e. The molecular formula is C11H16N2OS. The Bertz CT molecular complexity index is 399. The average molecular weight is 224 g/mol. The Balaban J connectivity index is 3.08. The van der Waals surface area contributed by atoms with Crippen molar-refractivity contribution in [1.29, 1.82) is 0 Å². The van der Waals surface area contributed by atoms with Crippen molar-refractivity contribution in [3.05, 3.63) is 21.4 Å². The third-order valence-electron chi connectivity index (χ3n) is 2.05. The molecule has 1 rings (SSSR count). The smallest absolute Gasteiger partial charge is 0.178 e. The highest BCUT2D eigenvalue weighted by Crippen LogP contribution is 2.27. The minimum absolute atomic E-state index is 0.160. The number of carbonyl (C=O) groups is 1. The van der Waals surface area contributed by atoms with E-state index in [0.29, 0.717) is 0 Å². The molecule has 0 saturated carbocycles. The number of ketones is 1. The molecule has 0 aliphatic rings. The van der Waals surface area contributed by atoms with Crippen LogP contribution in [0.4, 0.5) is 0 Å². The highest BCUT2D eigenvalue weighted by Gasteiger charge is 2.24. The predicted octanol–water partition coefficient (Wildman–Crippen LogP) is 2.58. The third kappa shape index (κ3) is 2.65. The van der Waals surface area contributed by atoms with Crippen LogP contribution in [0.3, 0.4) is 0 Å². The maximum Gasteiger partial charge on any atom is 0.178 e. The number of nitrogens with zero attached hydrogens (tertiary/aromatic N) is 1. The molecule has 1 aromatic heterocycles. The van der Waals surface area contributed by atoms with Crippen LogP contribution in [0, 0.1) is 12.3 Å². The standard InChI is InChI=1S/C11H16N2OS/c1-7-5-8(10(14)11(2,3)4)15-9(7)6-13-12/h5-6H,12H2,1-4H3/b13-6-. The molecule has 0 spiro atoms. The molecule has 0 radical (unpaired) electrons. The van der Waals surface area contributed by atoms with E-state index in [4.69, 9.17) is 5.84 Å². The molecule has 82 valence electrons. The minimum atomic E-state index is -0.339. The summed E-state index contributed by atoms with van der Waals surface area (Å²) in [5.41, 5.74) is 0.704. The van der Waals surface area contributed by atoms with Gasteiger partial charge in [0.05, 0.1) is 16.0 Å². The van der Waals surface area contributed by atoms with Gasteiger partial charge in [-0.05, 0) is 18.6 Å². The summed E-state index contributed by atoms with van der Waals surface area (Å²) in [7, 11) is 0. The van der Waals surface area contributed by atoms with E-state index < -0.39 is 0 Å². The van der Waals surface area contributed by atoms with Gasteiger partial charge in [0, 0.05) is 5.41 Å². The van der Waals surface area contributed by atoms with E-state index >= 15 is 0 Å². The van der Waals surface area contributed by atoms with Crippen LogP contribution >= 0.6 is 11.3 Å². The number of hydrogen-bond donors (Lipinski definition) is 1. The lowest BCUT2D eigenvalue weighted by Gasteiger charge is -2.14. The van der Waals surface area contributed by atoms with E-state index in [1.807, 2.05) is 33.8 Å². The zero-order valence-electron chi connectivity index (χ0n) is 9.50. The van der Waals surface area contributed by atoms with Gasteiger partial charge in [-0.1, -0.05) is 20.8 Å². The Morgan fingerprint density at radius 2 is 2.13 bits per heavy atom. The molecule has 0 saturated heterocycles. The lowest BCUT2D eigenvalue weighted by Crippen LogP contribution is -2.18. The maximum atomic E-state index is 12.0. The Labute approximate surface area is 94.0 Å². The fourth-order valence-electron chi connectivity index (χ4n) is 1.17. The molecule has 0 aliphatic heterocycles. The molecule has 0 bridgehead atoms. The van der Waals surface area contributed by atoms with Gasteiger partial charge in [-0.3, -0.25) is 4.79 Å². The summed E-state index contributed by atoms with van der Waals surface area (Å²) >= 11 is 1.44. The van der Waals surface area contributed by atoms with Crippen molar-refractivity contribution in [1.82, 2.24) is 0 Å². The lowest BCUT2D eigenvalue weighted by molar-refractivity contribution is 0.0863. The molecule has 2 N–H and O–H groups in total. The summed E-state index contributed by atoms with van der Waals surface area (Å²) in [6, 6.07) is 1.90. The number of aryl methyl sites for hydroxylation is 1.